The molecule has 1 atom stereocenters. The van der Waals surface area contributed by atoms with E-state index >= 15 is 0 Å². The third-order valence-corrected chi connectivity index (χ3v) is 3.15. The van der Waals surface area contributed by atoms with Crippen molar-refractivity contribution < 1.29 is 19.4 Å². The Labute approximate surface area is 125 Å². The number of ether oxygens (including phenoxy) is 1. The molecule has 1 aromatic rings. The first kappa shape index (κ1) is 17.2. The standard InChI is InChI=1S/C15H24N2O4/c1-10-6-7-12(17(10)5)13(18)16-11(14(19)20)8-9-21-15(2,3)4/h6-7,11H,8-9H2,1-5H3,(H,16,18)(H,19,20). The number of carbonyl (C=O) groups excluding carboxylic acids is 1. The molecule has 6 nitrogen and oxygen atoms in total. The van der Waals surface area contributed by atoms with Gasteiger partial charge in [0.15, 0.2) is 0 Å². The minimum absolute atomic E-state index is 0.224. The highest BCUT2D eigenvalue weighted by atomic mass is 16.5. The normalized spacial score (nSPS) is 13.0. The molecule has 1 rings (SSSR count). The van der Waals surface area contributed by atoms with Gasteiger partial charge in [-0.2, -0.15) is 0 Å². The van der Waals surface area contributed by atoms with E-state index in [0.717, 1.165) is 5.69 Å². The highest BCUT2D eigenvalue weighted by Gasteiger charge is 2.23. The van der Waals surface area contributed by atoms with Crippen molar-refractivity contribution in [1.29, 1.82) is 0 Å². The first-order chi connectivity index (χ1) is 9.61. The molecule has 0 fully saturated rings. The van der Waals surface area contributed by atoms with E-state index in [9.17, 15) is 14.7 Å². The number of amides is 1. The molecular formula is C15H24N2O4. The van der Waals surface area contributed by atoms with Gasteiger partial charge >= 0.3 is 5.97 Å². The summed E-state index contributed by atoms with van der Waals surface area (Å²) in [6.07, 6.45) is 0.224. The van der Waals surface area contributed by atoms with Crippen LogP contribution in [0.2, 0.25) is 0 Å². The monoisotopic (exact) mass is 296 g/mol. The average molecular weight is 296 g/mol. The summed E-state index contributed by atoms with van der Waals surface area (Å²) in [5, 5.41) is 11.7. The zero-order valence-corrected chi connectivity index (χ0v) is 13.3. The molecule has 0 radical (unpaired) electrons. The Bertz CT molecular complexity index is 514. The minimum Gasteiger partial charge on any atom is -0.480 e. The van der Waals surface area contributed by atoms with Crippen molar-refractivity contribution in [3.63, 3.8) is 0 Å². The van der Waals surface area contributed by atoms with E-state index in [1.165, 1.54) is 0 Å². The van der Waals surface area contributed by atoms with Gasteiger partial charge in [0.1, 0.15) is 11.7 Å². The molecular weight excluding hydrogens is 272 g/mol. The van der Waals surface area contributed by atoms with Crippen LogP contribution < -0.4 is 5.32 Å². The summed E-state index contributed by atoms with van der Waals surface area (Å²) in [4.78, 5) is 23.4. The summed E-state index contributed by atoms with van der Waals surface area (Å²) in [7, 11) is 1.77. The maximum atomic E-state index is 12.1. The van der Waals surface area contributed by atoms with Gasteiger partial charge < -0.3 is 19.7 Å². The first-order valence-corrected chi connectivity index (χ1v) is 6.92. The van der Waals surface area contributed by atoms with E-state index in [2.05, 4.69) is 5.32 Å². The Morgan fingerprint density at radius 2 is 2.00 bits per heavy atom. The second kappa shape index (κ2) is 6.76. The van der Waals surface area contributed by atoms with Gasteiger partial charge in [-0.15, -0.1) is 0 Å². The molecule has 1 amide bonds. The van der Waals surface area contributed by atoms with Crippen LogP contribution in [-0.2, 0) is 16.6 Å². The Morgan fingerprint density at radius 3 is 2.43 bits per heavy atom. The van der Waals surface area contributed by atoms with Gasteiger partial charge in [-0.05, 0) is 39.8 Å². The molecule has 1 unspecified atom stereocenters. The van der Waals surface area contributed by atoms with Crippen molar-refractivity contribution >= 4 is 11.9 Å². The number of rotatable bonds is 6. The number of aromatic nitrogens is 1. The van der Waals surface area contributed by atoms with E-state index < -0.39 is 17.9 Å². The molecule has 1 aromatic heterocycles. The van der Waals surface area contributed by atoms with Crippen LogP contribution in [0, 0.1) is 6.92 Å². The topological polar surface area (TPSA) is 80.6 Å². The van der Waals surface area contributed by atoms with Crippen LogP contribution in [0.15, 0.2) is 12.1 Å². The zero-order valence-electron chi connectivity index (χ0n) is 13.3. The molecule has 0 aromatic carbocycles. The molecule has 0 saturated carbocycles. The molecule has 6 heteroatoms. The fourth-order valence-electron chi connectivity index (χ4n) is 1.81. The first-order valence-electron chi connectivity index (χ1n) is 6.92. The fraction of sp³-hybridized carbons (Fsp3) is 0.600. The molecule has 1 heterocycles. The van der Waals surface area contributed by atoms with E-state index in [-0.39, 0.29) is 18.6 Å². The van der Waals surface area contributed by atoms with Crippen molar-refractivity contribution in [2.45, 2.75) is 45.8 Å². The van der Waals surface area contributed by atoms with Crippen LogP contribution in [0.25, 0.3) is 0 Å². The summed E-state index contributed by atoms with van der Waals surface area (Å²) in [6.45, 7) is 7.84. The molecule has 21 heavy (non-hydrogen) atoms. The lowest BCUT2D eigenvalue weighted by Gasteiger charge is -2.21. The van der Waals surface area contributed by atoms with E-state index in [4.69, 9.17) is 4.74 Å². The lowest BCUT2D eigenvalue weighted by Crippen LogP contribution is -2.42. The predicted molar refractivity (Wildman–Crippen MR) is 79.4 cm³/mol. The second-order valence-corrected chi connectivity index (χ2v) is 6.03. The molecule has 0 aliphatic carbocycles. The summed E-state index contributed by atoms with van der Waals surface area (Å²) in [6, 6.07) is 2.53. The smallest absolute Gasteiger partial charge is 0.326 e. The van der Waals surface area contributed by atoms with Crippen molar-refractivity contribution in [2.24, 2.45) is 7.05 Å². The SMILES string of the molecule is Cc1ccc(C(=O)NC(CCOC(C)(C)C)C(=O)O)n1C. The predicted octanol–water partition coefficient (Wildman–Crippen LogP) is 1.72. The highest BCUT2D eigenvalue weighted by molar-refractivity contribution is 5.95. The molecule has 0 saturated heterocycles. The lowest BCUT2D eigenvalue weighted by molar-refractivity contribution is -0.140. The maximum absolute atomic E-state index is 12.1. The summed E-state index contributed by atoms with van der Waals surface area (Å²) in [5.74, 6) is -1.46. The summed E-state index contributed by atoms with van der Waals surface area (Å²) in [5.41, 5.74) is 1.04. The minimum atomic E-state index is -1.06. The Kier molecular flexibility index (Phi) is 5.54. The zero-order chi connectivity index (χ0) is 16.2. The summed E-state index contributed by atoms with van der Waals surface area (Å²) < 4.78 is 7.23. The highest BCUT2D eigenvalue weighted by Crippen LogP contribution is 2.09. The largest absolute Gasteiger partial charge is 0.480 e. The number of hydrogen-bond donors (Lipinski definition) is 2. The van der Waals surface area contributed by atoms with Gasteiger partial charge in [0, 0.05) is 25.8 Å². The third-order valence-electron chi connectivity index (χ3n) is 3.15. The molecule has 0 aliphatic rings. The van der Waals surface area contributed by atoms with Gasteiger partial charge in [-0.25, -0.2) is 4.79 Å². The molecule has 0 bridgehead atoms. The maximum Gasteiger partial charge on any atom is 0.326 e. The Morgan fingerprint density at radius 1 is 1.38 bits per heavy atom. The van der Waals surface area contributed by atoms with Crippen molar-refractivity contribution in [3.05, 3.63) is 23.5 Å². The van der Waals surface area contributed by atoms with Crippen LogP contribution in [0.4, 0.5) is 0 Å². The van der Waals surface area contributed by atoms with Crippen LogP contribution in [0.5, 0.6) is 0 Å². The number of hydrogen-bond acceptors (Lipinski definition) is 3. The quantitative estimate of drug-likeness (QED) is 0.837. The van der Waals surface area contributed by atoms with E-state index in [1.807, 2.05) is 33.8 Å². The molecule has 2 N–H and O–H groups in total. The van der Waals surface area contributed by atoms with Crippen molar-refractivity contribution in [1.82, 2.24) is 9.88 Å². The molecule has 0 spiro atoms. The summed E-state index contributed by atoms with van der Waals surface area (Å²) >= 11 is 0. The van der Waals surface area contributed by atoms with E-state index in [1.54, 1.807) is 17.7 Å². The number of carbonyl (C=O) groups is 2. The van der Waals surface area contributed by atoms with Crippen LogP contribution in [0.1, 0.15) is 43.4 Å². The number of carboxylic acids is 1. The van der Waals surface area contributed by atoms with Crippen molar-refractivity contribution in [3.8, 4) is 0 Å². The van der Waals surface area contributed by atoms with Crippen LogP contribution in [-0.4, -0.2) is 39.8 Å². The van der Waals surface area contributed by atoms with E-state index in [0.29, 0.717) is 5.69 Å². The Balaban J connectivity index is 2.64. The Hall–Kier alpha value is -1.82. The van der Waals surface area contributed by atoms with Crippen molar-refractivity contribution in [2.75, 3.05) is 6.61 Å². The lowest BCUT2D eigenvalue weighted by atomic mass is 10.1. The van der Waals surface area contributed by atoms with Crippen LogP contribution >= 0.6 is 0 Å². The number of aryl methyl sites for hydroxylation is 1. The average Bonchev–Trinajstić information content (AvgIpc) is 2.67. The van der Waals surface area contributed by atoms with Gasteiger partial charge in [0.25, 0.3) is 5.91 Å². The second-order valence-electron chi connectivity index (χ2n) is 6.03. The molecule has 0 aliphatic heterocycles. The number of nitrogens with zero attached hydrogens (tertiary/aromatic N) is 1. The number of carboxylic acid groups (broad SMARTS) is 1. The molecule has 118 valence electrons. The van der Waals surface area contributed by atoms with Gasteiger partial charge in [0.05, 0.1) is 5.60 Å². The van der Waals surface area contributed by atoms with Gasteiger partial charge in [0.2, 0.25) is 0 Å². The fourth-order valence-corrected chi connectivity index (χ4v) is 1.81. The third kappa shape index (κ3) is 5.23. The van der Waals surface area contributed by atoms with Crippen LogP contribution in [0.3, 0.4) is 0 Å². The number of nitrogens with one attached hydrogen (secondary N) is 1. The van der Waals surface area contributed by atoms with Gasteiger partial charge in [-0.1, -0.05) is 0 Å². The van der Waals surface area contributed by atoms with Gasteiger partial charge in [-0.3, -0.25) is 4.79 Å². The number of aliphatic carboxylic acids is 1.